The lowest BCUT2D eigenvalue weighted by molar-refractivity contribution is -0.870. The first-order chi connectivity index (χ1) is 28.4. The van der Waals surface area contributed by atoms with Crippen LogP contribution in [0.4, 0.5) is 0 Å². The van der Waals surface area contributed by atoms with Crippen molar-refractivity contribution >= 4 is 25.5 Å². The van der Waals surface area contributed by atoms with E-state index >= 15 is 0 Å². The highest BCUT2D eigenvalue weighted by Gasteiger charge is 2.21. The summed E-state index contributed by atoms with van der Waals surface area (Å²) < 4.78 is 33.7. The summed E-state index contributed by atoms with van der Waals surface area (Å²) in [5.74, 6) is -0.929. The van der Waals surface area contributed by atoms with Crippen molar-refractivity contribution in [1.29, 1.82) is 0 Å². The first-order valence-corrected chi connectivity index (χ1v) is 23.4. The van der Waals surface area contributed by atoms with Gasteiger partial charge in [0.05, 0.1) is 27.7 Å². The highest BCUT2D eigenvalue weighted by atomic mass is 31.2. The van der Waals surface area contributed by atoms with E-state index in [-0.39, 0.29) is 31.8 Å². The minimum atomic E-state index is -4.68. The summed E-state index contributed by atoms with van der Waals surface area (Å²) in [7, 11) is 1.03. The third-order valence-corrected chi connectivity index (χ3v) is 9.54. The number of carbonyl (C=O) groups excluding carboxylic acids is 3. The van der Waals surface area contributed by atoms with Gasteiger partial charge in [0.25, 0.3) is 7.82 Å². The summed E-state index contributed by atoms with van der Waals surface area (Å²) in [6, 6.07) is 0. The van der Waals surface area contributed by atoms with Crippen molar-refractivity contribution in [3.05, 3.63) is 97.2 Å². The number of likely N-dealkylation sites (N-methyl/N-ethyl adjacent to an activating group) is 1. The van der Waals surface area contributed by atoms with E-state index in [1.807, 2.05) is 45.4 Å². The van der Waals surface area contributed by atoms with E-state index in [0.29, 0.717) is 30.3 Å². The summed E-state index contributed by atoms with van der Waals surface area (Å²) >= 11 is 0. The van der Waals surface area contributed by atoms with Gasteiger partial charge in [-0.3, -0.25) is 18.9 Å². The Labute approximate surface area is 358 Å². The Kier molecular flexibility index (Phi) is 36.5. The normalized spacial score (nSPS) is 14.4. The second-order valence-corrected chi connectivity index (χ2v) is 16.8. The molecule has 0 amide bonds. The zero-order chi connectivity index (χ0) is 43.7. The van der Waals surface area contributed by atoms with Crippen LogP contribution in [0.2, 0.25) is 0 Å². The Morgan fingerprint density at radius 2 is 1.15 bits per heavy atom. The van der Waals surface area contributed by atoms with Crippen LogP contribution in [0.15, 0.2) is 97.2 Å². The van der Waals surface area contributed by atoms with Gasteiger partial charge in [-0.1, -0.05) is 137 Å². The molecule has 1 unspecified atom stereocenters. The maximum atomic E-state index is 12.7. The summed E-state index contributed by atoms with van der Waals surface area (Å²) in [5, 5.41) is 0. The second kappa shape index (κ2) is 38.8. The molecule has 0 saturated carbocycles. The Hall–Kier alpha value is -3.40. The molecule has 0 fully saturated rings. The first-order valence-electron chi connectivity index (χ1n) is 21.9. The van der Waals surface area contributed by atoms with E-state index in [4.69, 9.17) is 18.5 Å². The number of ketones is 1. The molecule has 2 atom stereocenters. The minimum Gasteiger partial charge on any atom is -0.756 e. The molecule has 0 N–H and O–H groups in total. The lowest BCUT2D eigenvalue weighted by Crippen LogP contribution is -2.37. The van der Waals surface area contributed by atoms with E-state index in [0.717, 1.165) is 70.6 Å². The smallest absolute Gasteiger partial charge is 0.306 e. The minimum absolute atomic E-state index is 0.0697. The lowest BCUT2D eigenvalue weighted by Gasteiger charge is -2.28. The molecule has 0 aliphatic rings. The molecule has 0 bridgehead atoms. The first kappa shape index (κ1) is 55.6. The molecular weight excluding hydrogens is 765 g/mol. The van der Waals surface area contributed by atoms with Gasteiger partial charge in [0.1, 0.15) is 19.8 Å². The van der Waals surface area contributed by atoms with Crippen molar-refractivity contribution < 1.29 is 46.8 Å². The fourth-order valence-electron chi connectivity index (χ4n) is 5.13. The number of esters is 2. The molecule has 0 aromatic carbocycles. The van der Waals surface area contributed by atoms with Gasteiger partial charge < -0.3 is 27.9 Å². The zero-order valence-electron chi connectivity index (χ0n) is 37.1. The molecule has 0 spiro atoms. The van der Waals surface area contributed by atoms with Crippen molar-refractivity contribution in [2.75, 3.05) is 47.5 Å². The van der Waals surface area contributed by atoms with Crippen LogP contribution in [-0.2, 0) is 37.5 Å². The van der Waals surface area contributed by atoms with Crippen LogP contribution in [0, 0.1) is 0 Å². The Balaban J connectivity index is 4.59. The van der Waals surface area contributed by atoms with Crippen molar-refractivity contribution in [3.63, 3.8) is 0 Å². The van der Waals surface area contributed by atoms with Gasteiger partial charge in [0.15, 0.2) is 11.9 Å². The largest absolute Gasteiger partial charge is 0.756 e. The Bertz CT molecular complexity index is 1380. The molecule has 0 radical (unpaired) electrons. The quantitative estimate of drug-likeness (QED) is 0.0113. The van der Waals surface area contributed by atoms with Crippen molar-refractivity contribution in [1.82, 2.24) is 0 Å². The topological polar surface area (TPSA) is 128 Å². The molecule has 334 valence electrons. The summed E-state index contributed by atoms with van der Waals surface area (Å²) in [6.07, 6.45) is 47.0. The number of ether oxygens (including phenoxy) is 2. The predicted molar refractivity (Wildman–Crippen MR) is 240 cm³/mol. The molecule has 0 aromatic rings. The molecule has 0 aromatic heterocycles. The van der Waals surface area contributed by atoms with Crippen molar-refractivity contribution in [2.45, 2.75) is 142 Å². The molecule has 0 aliphatic carbocycles. The fourth-order valence-corrected chi connectivity index (χ4v) is 5.86. The summed E-state index contributed by atoms with van der Waals surface area (Å²) in [4.78, 5) is 49.6. The number of phosphoric ester groups is 1. The highest BCUT2D eigenvalue weighted by Crippen LogP contribution is 2.38. The Morgan fingerprint density at radius 3 is 1.73 bits per heavy atom. The highest BCUT2D eigenvalue weighted by molar-refractivity contribution is 7.45. The number of rotatable bonds is 38. The molecule has 59 heavy (non-hydrogen) atoms. The average molecular weight is 844 g/mol. The van der Waals surface area contributed by atoms with Gasteiger partial charge in [-0.2, -0.15) is 0 Å². The Morgan fingerprint density at radius 1 is 0.593 bits per heavy atom. The van der Waals surface area contributed by atoms with E-state index in [9.17, 15) is 23.8 Å². The SMILES string of the molecule is CC/C=C\C/C=C\C/C=C\C/C=C\C/C=C\C/C=C\CCC(=O)OC[C@H](COP(=O)([O-])OCC[N+](C)(C)C)OC(=O)CCCCCCCC(=O)/C=C/C=C\CCCCC. The van der Waals surface area contributed by atoms with Crippen LogP contribution in [0.3, 0.4) is 0 Å². The van der Waals surface area contributed by atoms with E-state index < -0.39 is 32.5 Å². The van der Waals surface area contributed by atoms with Gasteiger partial charge in [-0.05, 0) is 76.7 Å². The fraction of sp³-hybridized carbons (Fsp3) is 0.604. The number of unbranched alkanes of at least 4 members (excludes halogenated alkanes) is 7. The van der Waals surface area contributed by atoms with Crippen LogP contribution in [-0.4, -0.2) is 75.8 Å². The third-order valence-electron chi connectivity index (χ3n) is 8.58. The van der Waals surface area contributed by atoms with Crippen LogP contribution < -0.4 is 4.89 Å². The molecule has 0 heterocycles. The standard InChI is InChI=1S/C48H78NO9P/c1-6-8-10-12-14-15-16-17-18-19-20-21-22-23-24-25-27-31-35-39-47(51)55-43-46(44-57-59(53,54)56-42-41-49(3,4)5)58-48(52)40-36-32-28-30-34-38-45(50)37-33-29-26-13-11-9-7-2/h8,10,14-15,17-18,20-21,23-24,26-27,29,31,33,37,46H,6-7,9,11-13,16,19,22,25,28,30,32,34-36,38-44H2,1-5H3/b10-8-,15-14-,18-17-,21-20-,24-23-,29-26-,31-27-,37-33+/t46-/m1/s1. The summed E-state index contributed by atoms with van der Waals surface area (Å²) in [6.45, 7) is 3.80. The maximum Gasteiger partial charge on any atom is 0.306 e. The molecule has 0 saturated heterocycles. The predicted octanol–water partition coefficient (Wildman–Crippen LogP) is 11.1. The molecule has 0 rings (SSSR count). The van der Waals surface area contributed by atoms with Crippen LogP contribution >= 0.6 is 7.82 Å². The van der Waals surface area contributed by atoms with Gasteiger partial charge in [0, 0.05) is 19.3 Å². The van der Waals surface area contributed by atoms with Crippen LogP contribution in [0.5, 0.6) is 0 Å². The summed E-state index contributed by atoms with van der Waals surface area (Å²) in [5.41, 5.74) is 0. The van der Waals surface area contributed by atoms with Crippen LogP contribution in [0.1, 0.15) is 136 Å². The number of carbonyl (C=O) groups is 3. The van der Waals surface area contributed by atoms with Gasteiger partial charge in [-0.25, -0.2) is 0 Å². The van der Waals surface area contributed by atoms with Crippen LogP contribution in [0.25, 0.3) is 0 Å². The molecule has 0 aliphatic heterocycles. The van der Waals surface area contributed by atoms with Gasteiger partial charge in [-0.15, -0.1) is 0 Å². The number of phosphoric acid groups is 1. The van der Waals surface area contributed by atoms with Crippen molar-refractivity contribution in [2.24, 2.45) is 0 Å². The number of hydrogen-bond acceptors (Lipinski definition) is 9. The maximum absolute atomic E-state index is 12.7. The molecule has 11 heteroatoms. The average Bonchev–Trinajstić information content (AvgIpc) is 3.18. The van der Waals surface area contributed by atoms with E-state index in [1.165, 1.54) is 19.3 Å². The monoisotopic (exact) mass is 844 g/mol. The van der Waals surface area contributed by atoms with E-state index in [1.54, 1.807) is 6.08 Å². The molecule has 10 nitrogen and oxygen atoms in total. The number of nitrogens with zero attached hydrogens (tertiary/aromatic N) is 1. The van der Waals surface area contributed by atoms with Gasteiger partial charge >= 0.3 is 11.9 Å². The lowest BCUT2D eigenvalue weighted by atomic mass is 10.1. The number of allylic oxidation sites excluding steroid dienone is 16. The van der Waals surface area contributed by atoms with E-state index in [2.05, 4.69) is 80.7 Å². The van der Waals surface area contributed by atoms with Crippen molar-refractivity contribution in [3.8, 4) is 0 Å². The second-order valence-electron chi connectivity index (χ2n) is 15.4. The van der Waals surface area contributed by atoms with Gasteiger partial charge in [0.2, 0.25) is 0 Å². The number of hydrogen-bond donors (Lipinski definition) is 0. The third kappa shape index (κ3) is 42.5. The zero-order valence-corrected chi connectivity index (χ0v) is 38.0. The molecular formula is C48H78NO9P. The number of quaternary nitrogens is 1.